The molecule has 23 nitrogen and oxygen atoms in total. The zero-order valence-electron chi connectivity index (χ0n) is 34.0. The molecule has 6 saturated heterocycles. The molecule has 6 heterocycles. The molecule has 0 radical (unpaired) electrons. The minimum absolute atomic E-state index is 0.0723. The highest BCUT2D eigenvalue weighted by Gasteiger charge is 2.75. The second-order valence-corrected chi connectivity index (χ2v) is 19.2. The van der Waals surface area contributed by atoms with Crippen molar-refractivity contribution in [3.63, 3.8) is 0 Å². The highest BCUT2D eigenvalue weighted by molar-refractivity contribution is 7.86. The van der Waals surface area contributed by atoms with E-state index in [1.54, 1.807) is 6.92 Å². The van der Waals surface area contributed by atoms with Crippen LogP contribution in [0.1, 0.15) is 37.0 Å². The Labute approximate surface area is 361 Å². The summed E-state index contributed by atoms with van der Waals surface area (Å²) in [6, 6.07) is 5.30. The van der Waals surface area contributed by atoms with Crippen LogP contribution in [0.5, 0.6) is 5.75 Å². The number of rotatable bonds is 10. The molecule has 6 aliphatic heterocycles. The number of ether oxygens (including phenoxy) is 9. The quantitative estimate of drug-likeness (QED) is 0.0975. The van der Waals surface area contributed by atoms with Crippen LogP contribution in [0.15, 0.2) is 24.3 Å². The summed E-state index contributed by atoms with van der Waals surface area (Å²) in [5.41, 5.74) is -4.63. The van der Waals surface area contributed by atoms with Crippen LogP contribution in [0.4, 0.5) is 0 Å². The third kappa shape index (κ3) is 8.06. The number of hydrogen-bond acceptors (Lipinski definition) is 23. The molecule has 1 aromatic rings. The molecular formula is C39H54O23S. The third-order valence-corrected chi connectivity index (χ3v) is 15.3. The van der Waals surface area contributed by atoms with Crippen molar-refractivity contribution in [3.8, 4) is 5.75 Å². The molecule has 63 heavy (non-hydrogen) atoms. The monoisotopic (exact) mass is 922 g/mol. The second kappa shape index (κ2) is 17.7. The summed E-state index contributed by atoms with van der Waals surface area (Å²) in [7, 11) is -1.93. The summed E-state index contributed by atoms with van der Waals surface area (Å²) < 4.78 is 66.7. The molecule has 1 saturated carbocycles. The first kappa shape index (κ1) is 47.1. The third-order valence-electron chi connectivity index (χ3n) is 13.4. The van der Waals surface area contributed by atoms with Crippen LogP contribution in [-0.2, 0) is 58.2 Å². The van der Waals surface area contributed by atoms with Gasteiger partial charge < -0.3 is 98.8 Å². The SMILES string of the molecule is C[C@@H]1CO[C@@]2(C[C@@H]1OC(=O)c1ccc(O)cc1)O[C@@H]1[C@@H]3[C@H](C[C@H](O)[C@]1(O)C2=O)[C@@H](O[C@@H]1O[C@H](C)[C@@H](O)[C@H](O)[C@H]1O[C@@H]1O[C@H](CO)[C@@H](O)[C@H](O[C@@H]2OC[C@](O)(CO)[C@H]2O)[C@H]1O)C[S@@]3=O. The lowest BCUT2D eigenvalue weighted by atomic mass is 9.70. The van der Waals surface area contributed by atoms with Crippen LogP contribution >= 0.6 is 0 Å². The summed E-state index contributed by atoms with van der Waals surface area (Å²) >= 11 is 0. The number of benzene rings is 1. The average molecular weight is 923 g/mol. The highest BCUT2D eigenvalue weighted by atomic mass is 32.2. The van der Waals surface area contributed by atoms with E-state index in [4.69, 9.17) is 42.6 Å². The maximum absolute atomic E-state index is 14.2. The summed E-state index contributed by atoms with van der Waals surface area (Å²) in [5, 5.41) is 117. The van der Waals surface area contributed by atoms with E-state index < -0.39 is 175 Å². The molecule has 23 atom stereocenters. The fourth-order valence-corrected chi connectivity index (χ4v) is 11.6. The highest BCUT2D eigenvalue weighted by Crippen LogP contribution is 2.53. The van der Waals surface area contributed by atoms with Gasteiger partial charge in [0, 0.05) is 29.1 Å². The average Bonchev–Trinajstić information content (AvgIpc) is 3.80. The number of aliphatic hydroxyl groups is 10. The standard InChI is InChI=1S/C39H54O23S/c1-14-10-55-38(8-19(14)57-32(49)16-3-5-17(42)6-4-16)36(50)39(52)22(43)7-18-21(11-63(53)29(18)31(39)62-38)59-34-28(25(46)23(44)15(2)56-34)61-33-26(47)27(24(45)20(9-40)58-33)60-35-30(48)37(51,12-41)13-54-35/h3-6,14-15,18-31,33-35,40-48,51-52H,7-13H2,1-2H3/t14-,15-,18-,19+,20-,21+,22+,23-,24-,25+,26-,27+,28-,29+,30+,31-,33+,34+,35+,37-,38+,39-,63+/m1/s1. The number of carbonyl (C=O) groups is 2. The molecule has 1 aliphatic carbocycles. The lowest BCUT2D eigenvalue weighted by Gasteiger charge is -2.47. The van der Waals surface area contributed by atoms with Crippen molar-refractivity contribution in [1.82, 2.24) is 0 Å². The molecule has 0 aromatic heterocycles. The van der Waals surface area contributed by atoms with Crippen LogP contribution in [0.25, 0.3) is 0 Å². The molecular weight excluding hydrogens is 868 g/mol. The fraction of sp³-hybridized carbons (Fsp3) is 0.795. The van der Waals surface area contributed by atoms with Crippen LogP contribution < -0.4 is 0 Å². The fourth-order valence-electron chi connectivity index (χ4n) is 9.54. The largest absolute Gasteiger partial charge is 0.508 e. The Balaban J connectivity index is 0.994. The van der Waals surface area contributed by atoms with Crippen LogP contribution in [-0.4, -0.2) is 225 Å². The smallest absolute Gasteiger partial charge is 0.338 e. The predicted molar refractivity (Wildman–Crippen MR) is 202 cm³/mol. The number of hydrogen-bond donors (Lipinski definition) is 11. The van der Waals surface area contributed by atoms with Crippen LogP contribution in [0.2, 0.25) is 0 Å². The van der Waals surface area contributed by atoms with Gasteiger partial charge >= 0.3 is 5.97 Å². The molecule has 7 fully saturated rings. The Morgan fingerprint density at radius 2 is 1.57 bits per heavy atom. The second-order valence-electron chi connectivity index (χ2n) is 17.5. The van der Waals surface area contributed by atoms with E-state index in [-0.39, 0.29) is 36.5 Å². The van der Waals surface area contributed by atoms with Crippen molar-refractivity contribution in [2.75, 3.05) is 32.2 Å². The van der Waals surface area contributed by atoms with Crippen molar-refractivity contribution in [3.05, 3.63) is 29.8 Å². The van der Waals surface area contributed by atoms with Gasteiger partial charge in [-0.1, -0.05) is 6.92 Å². The van der Waals surface area contributed by atoms with E-state index in [1.807, 2.05) is 0 Å². The maximum Gasteiger partial charge on any atom is 0.338 e. The molecule has 0 bridgehead atoms. The van der Waals surface area contributed by atoms with Crippen molar-refractivity contribution in [2.45, 2.75) is 147 Å². The topological polar surface area (TPSA) is 357 Å². The number of fused-ring (bicyclic) bond motifs is 3. The Hall–Kier alpha value is -2.41. The Bertz CT molecular complexity index is 1860. The van der Waals surface area contributed by atoms with Crippen molar-refractivity contribution in [2.24, 2.45) is 11.8 Å². The number of aliphatic hydroxyl groups excluding tert-OH is 8. The number of esters is 1. The zero-order chi connectivity index (χ0) is 45.5. The van der Waals surface area contributed by atoms with E-state index in [2.05, 4.69) is 0 Å². The van der Waals surface area contributed by atoms with E-state index in [9.17, 15) is 70.0 Å². The molecule has 8 rings (SSSR count). The van der Waals surface area contributed by atoms with E-state index in [0.29, 0.717) is 0 Å². The van der Waals surface area contributed by atoms with E-state index >= 15 is 0 Å². The lowest BCUT2D eigenvalue weighted by Crippen LogP contribution is -2.66. The molecule has 354 valence electrons. The first-order chi connectivity index (χ1) is 29.8. The molecule has 24 heteroatoms. The Kier molecular flexibility index (Phi) is 13.2. The van der Waals surface area contributed by atoms with Gasteiger partial charge in [-0.2, -0.15) is 0 Å². The van der Waals surface area contributed by atoms with Gasteiger partial charge in [-0.25, -0.2) is 4.79 Å². The number of aromatic hydroxyl groups is 1. The molecule has 0 amide bonds. The van der Waals surface area contributed by atoms with E-state index in [1.165, 1.54) is 31.2 Å². The summed E-state index contributed by atoms with van der Waals surface area (Å²) in [4.78, 5) is 27.3. The predicted octanol–water partition coefficient (Wildman–Crippen LogP) is -5.62. The van der Waals surface area contributed by atoms with Gasteiger partial charge in [-0.05, 0) is 37.6 Å². The summed E-state index contributed by atoms with van der Waals surface area (Å²) in [5.74, 6) is -5.73. The lowest BCUT2D eigenvalue weighted by molar-refractivity contribution is -0.377. The van der Waals surface area contributed by atoms with Crippen molar-refractivity contribution in [1.29, 1.82) is 0 Å². The van der Waals surface area contributed by atoms with Crippen molar-refractivity contribution >= 4 is 22.6 Å². The van der Waals surface area contributed by atoms with Gasteiger partial charge in [0.2, 0.25) is 11.6 Å². The van der Waals surface area contributed by atoms with Gasteiger partial charge in [0.25, 0.3) is 0 Å². The first-order valence-electron chi connectivity index (χ1n) is 20.6. The summed E-state index contributed by atoms with van der Waals surface area (Å²) in [6.07, 6.45) is -26.6. The maximum atomic E-state index is 14.2. The number of phenols is 1. The molecule has 1 aromatic carbocycles. The van der Waals surface area contributed by atoms with E-state index in [0.717, 1.165) is 0 Å². The van der Waals surface area contributed by atoms with Crippen LogP contribution in [0, 0.1) is 11.8 Å². The van der Waals surface area contributed by atoms with Gasteiger partial charge in [0.15, 0.2) is 24.5 Å². The molecule has 11 N–H and O–H groups in total. The number of phenolic OH excluding ortho intramolecular Hbond substituents is 1. The van der Waals surface area contributed by atoms with Gasteiger partial charge in [0.1, 0.15) is 72.4 Å². The normalized spacial score (nSPS) is 51.0. The minimum Gasteiger partial charge on any atom is -0.508 e. The molecule has 0 unspecified atom stereocenters. The van der Waals surface area contributed by atoms with Crippen LogP contribution in [0.3, 0.4) is 0 Å². The Morgan fingerprint density at radius 1 is 0.873 bits per heavy atom. The zero-order valence-corrected chi connectivity index (χ0v) is 34.8. The summed E-state index contributed by atoms with van der Waals surface area (Å²) in [6.45, 7) is 0.601. The number of Topliss-reactive ketones (excluding diaryl/α,β-unsaturated/α-hetero) is 1. The number of carbonyl (C=O) groups excluding carboxylic acids is 2. The van der Waals surface area contributed by atoms with Gasteiger partial charge in [-0.3, -0.25) is 9.00 Å². The van der Waals surface area contributed by atoms with Gasteiger partial charge in [0.05, 0.1) is 61.3 Å². The number of ketones is 1. The van der Waals surface area contributed by atoms with Gasteiger partial charge in [-0.15, -0.1) is 0 Å². The Morgan fingerprint density at radius 3 is 2.24 bits per heavy atom. The molecule has 1 spiro atoms. The molecule has 7 aliphatic rings. The first-order valence-corrected chi connectivity index (χ1v) is 22.0. The van der Waals surface area contributed by atoms with Crippen molar-refractivity contribution < 1.29 is 113 Å². The minimum atomic E-state index is -2.61.